The fourth-order valence-electron chi connectivity index (χ4n) is 7.00. The Bertz CT molecular complexity index is 1710. The van der Waals surface area contributed by atoms with E-state index in [1.165, 1.54) is 12.5 Å². The van der Waals surface area contributed by atoms with Gasteiger partial charge >= 0.3 is 15.1 Å². The summed E-state index contributed by atoms with van der Waals surface area (Å²) in [5, 5.41) is 29.2. The first kappa shape index (κ1) is 75.6. The molecule has 0 spiro atoms. The summed E-state index contributed by atoms with van der Waals surface area (Å²) in [4.78, 5) is 29.5. The Kier molecular flexibility index (Phi) is 50.5. The number of aldehydes is 1. The molecule has 0 amide bonds. The lowest BCUT2D eigenvalue weighted by Crippen LogP contribution is -2.34. The van der Waals surface area contributed by atoms with Crippen LogP contribution in [0.4, 0.5) is 0 Å². The second-order valence-corrected chi connectivity index (χ2v) is 18.8. The molecule has 0 aliphatic carbocycles. The maximum atomic E-state index is 12.7. The predicted octanol–water partition coefficient (Wildman–Crippen LogP) is 12.6. The van der Waals surface area contributed by atoms with E-state index in [9.17, 15) is 15.0 Å². The number of Topliss-reactive ketones (excluding diaryl/α,β-unsaturated/α-hetero) is 1. The van der Waals surface area contributed by atoms with Gasteiger partial charge in [0, 0.05) is 43.0 Å². The summed E-state index contributed by atoms with van der Waals surface area (Å²) in [5.74, 6) is 0.804. The minimum absolute atomic E-state index is 0. The lowest BCUT2D eigenvalue weighted by Gasteiger charge is -2.27. The zero-order valence-electron chi connectivity index (χ0n) is 43.3. The summed E-state index contributed by atoms with van der Waals surface area (Å²) in [6, 6.07) is 39.4. The number of carbonyl (C=O) groups is 3. The van der Waals surface area contributed by atoms with Crippen LogP contribution in [0.5, 0.6) is 0 Å². The third-order valence-corrected chi connectivity index (χ3v) is 12.4. The van der Waals surface area contributed by atoms with E-state index in [0.717, 1.165) is 48.7 Å². The van der Waals surface area contributed by atoms with Crippen LogP contribution < -0.4 is 0 Å². The molecule has 0 saturated heterocycles. The molecule has 0 aliphatic heterocycles. The van der Waals surface area contributed by atoms with Gasteiger partial charge in [-0.1, -0.05) is 170 Å². The van der Waals surface area contributed by atoms with E-state index in [0.29, 0.717) is 0 Å². The van der Waals surface area contributed by atoms with Crippen molar-refractivity contribution in [3.8, 4) is 0 Å². The fourth-order valence-corrected chi connectivity index (χ4v) is 8.52. The van der Waals surface area contributed by atoms with Gasteiger partial charge in [-0.15, -0.1) is 0 Å². The van der Waals surface area contributed by atoms with Gasteiger partial charge in [0.25, 0.3) is 0 Å². The summed E-state index contributed by atoms with van der Waals surface area (Å²) in [7, 11) is 1.74. The van der Waals surface area contributed by atoms with Crippen molar-refractivity contribution in [2.75, 3.05) is 7.11 Å². The Balaban J connectivity index is -0.000000280. The van der Waals surface area contributed by atoms with Gasteiger partial charge in [0.1, 0.15) is 13.1 Å². The standard InChI is InChI=1S/C21H26O2.C20H26O2.C3H8O.3C3H7O.C2H4O.CH2O.2CH4.2Al.3H/c1-4-17(20(22)18-11-7-5-8-12-18)15-16(2)21(23-3)19-13-9-6-10-14-19;1-3-16(20(22)18-12-8-5-9-13-18)14-15(2)19(21)17-10-6-4-7-11-17;4*1-3(2)4;1-2-3;1-2;;;;;;;/h5-14,16-17,21H,4,15H2,1-3H3;4-13,15-16,19-22H,3,14H2,1-2H3;3-4H,1-2H3;3*3H,1-2H3;2H,1H3;1H2;2*1H4;;;;;/q;;;3*-1;;;;;;+3;;;. The van der Waals surface area contributed by atoms with Gasteiger partial charge in [-0.05, 0) is 116 Å². The minimum atomic E-state index is -1.91. The first-order valence-corrected chi connectivity index (χ1v) is 25.2. The number of hydrogen-bond acceptors (Lipinski definition) is 10. The Morgan fingerprint density at radius 3 is 1.21 bits per heavy atom. The number of ether oxygens (including phenoxy) is 1. The highest BCUT2D eigenvalue weighted by atomic mass is 27.3. The van der Waals surface area contributed by atoms with Crippen molar-refractivity contribution < 1.29 is 45.8 Å². The second kappa shape index (κ2) is 46.7. The highest BCUT2D eigenvalue weighted by molar-refractivity contribution is 6.36. The van der Waals surface area contributed by atoms with Gasteiger partial charge in [0.2, 0.25) is 0 Å². The van der Waals surface area contributed by atoms with Gasteiger partial charge in [-0.3, -0.25) is 4.79 Å². The maximum Gasteiger partial charge on any atom is 0.906 e. The van der Waals surface area contributed by atoms with Crippen LogP contribution in [0.3, 0.4) is 0 Å². The number of aliphatic hydroxyl groups is 3. The zero-order chi connectivity index (χ0) is 51.3. The van der Waals surface area contributed by atoms with Crippen molar-refractivity contribution in [1.82, 2.24) is 0 Å². The predicted molar refractivity (Wildman–Crippen MR) is 299 cm³/mol. The van der Waals surface area contributed by atoms with E-state index in [1.54, 1.807) is 21.0 Å². The number of carbonyl (C=O) groups excluding carboxylic acids is 3. The van der Waals surface area contributed by atoms with Crippen LogP contribution in [0.25, 0.3) is 0 Å². The van der Waals surface area contributed by atoms with Gasteiger partial charge < -0.3 is 41.0 Å². The summed E-state index contributed by atoms with van der Waals surface area (Å²) in [6.07, 6.45) is 3.53. The highest BCUT2D eigenvalue weighted by Gasteiger charge is 2.34. The molecular formula is C58H98Al2O10. The van der Waals surface area contributed by atoms with Crippen LogP contribution in [-0.2, 0) is 25.7 Å². The molecule has 4 aromatic rings. The van der Waals surface area contributed by atoms with Gasteiger partial charge in [0.15, 0.2) is 23.1 Å². The van der Waals surface area contributed by atoms with Gasteiger partial charge in [0.05, 0.1) is 18.3 Å². The number of ketones is 1. The van der Waals surface area contributed by atoms with Crippen LogP contribution in [0.1, 0.15) is 176 Å². The van der Waals surface area contributed by atoms with Crippen LogP contribution in [0, 0.1) is 23.7 Å². The van der Waals surface area contributed by atoms with Crippen molar-refractivity contribution in [3.05, 3.63) is 144 Å². The average Bonchev–Trinajstić information content (AvgIpc) is 3.31. The van der Waals surface area contributed by atoms with Crippen molar-refractivity contribution in [2.45, 2.75) is 173 Å². The van der Waals surface area contributed by atoms with Crippen LogP contribution in [0.15, 0.2) is 121 Å². The van der Waals surface area contributed by atoms with Crippen molar-refractivity contribution in [2.24, 2.45) is 23.7 Å². The molecule has 0 fully saturated rings. The number of methoxy groups -OCH3 is 1. The molecule has 0 heterocycles. The van der Waals surface area contributed by atoms with E-state index in [2.05, 4.69) is 39.8 Å². The molecule has 4 rings (SSSR count). The van der Waals surface area contributed by atoms with Gasteiger partial charge in [-0.2, -0.15) is 0 Å². The topological polar surface area (TPSA) is 149 Å². The van der Waals surface area contributed by atoms with Crippen LogP contribution in [-0.4, -0.2) is 98.2 Å². The number of rotatable bonds is 21. The fraction of sp³-hybridized carbons (Fsp3) is 0.534. The van der Waals surface area contributed by atoms with E-state index < -0.39 is 27.4 Å². The van der Waals surface area contributed by atoms with Crippen molar-refractivity contribution in [1.29, 1.82) is 0 Å². The van der Waals surface area contributed by atoms with E-state index in [-0.39, 0.29) is 92.2 Å². The summed E-state index contributed by atoms with van der Waals surface area (Å²) in [6.45, 7) is 27.3. The second-order valence-electron chi connectivity index (χ2n) is 17.4. The molecule has 0 aliphatic rings. The normalized spacial score (nSPS) is 13.1. The van der Waals surface area contributed by atoms with Crippen molar-refractivity contribution in [3.63, 3.8) is 0 Å². The Morgan fingerprint density at radius 2 is 0.900 bits per heavy atom. The summed E-state index contributed by atoms with van der Waals surface area (Å²) < 4.78 is 22.4. The zero-order valence-corrected chi connectivity index (χ0v) is 44.4. The molecule has 0 saturated carbocycles. The average molecular weight is 1010 g/mol. The molecule has 0 aromatic heterocycles. The SMILES string of the molecule is C.C.C=O.CC(C)O.CC(C)[O][Al]([O]C(C)C)[O]C(C)C.CC=O.CCC(CC(C)C(O)c1ccccc1)C(O)c1ccccc1.CCC(CC(C)C(OC)c1ccccc1)C(=O)c1ccccc1.[AlH3]. The molecular weight excluding hydrogens is 911 g/mol. The maximum absolute atomic E-state index is 12.7. The molecule has 396 valence electrons. The molecule has 4 aromatic carbocycles. The molecule has 7 atom stereocenters. The lowest BCUT2D eigenvalue weighted by molar-refractivity contribution is -0.106. The number of hydrogen-bond donors (Lipinski definition) is 3. The number of aliphatic hydroxyl groups excluding tert-OH is 3. The van der Waals surface area contributed by atoms with Crippen molar-refractivity contribution >= 4 is 51.4 Å². The van der Waals surface area contributed by atoms with Gasteiger partial charge in [-0.25, -0.2) is 0 Å². The summed E-state index contributed by atoms with van der Waals surface area (Å²) in [5.41, 5.74) is 3.87. The molecule has 10 nitrogen and oxygen atoms in total. The molecule has 0 radical (unpaired) electrons. The largest absolute Gasteiger partial charge is 0.906 e. The third kappa shape index (κ3) is 34.9. The minimum Gasteiger partial charge on any atom is -0.452 e. The quantitative estimate of drug-likeness (QED) is 0.0418. The smallest absolute Gasteiger partial charge is 0.452 e. The lowest BCUT2D eigenvalue weighted by atomic mass is 9.82. The Labute approximate surface area is 442 Å². The molecule has 3 N–H and O–H groups in total. The first-order chi connectivity index (χ1) is 31.9. The Hall–Kier alpha value is -3.33. The summed E-state index contributed by atoms with van der Waals surface area (Å²) >= 11 is -1.91. The van der Waals surface area contributed by atoms with E-state index >= 15 is 0 Å². The van der Waals surface area contributed by atoms with Crippen LogP contribution >= 0.6 is 0 Å². The third-order valence-electron chi connectivity index (χ3n) is 10.1. The monoisotopic (exact) mass is 1010 g/mol. The first-order valence-electron chi connectivity index (χ1n) is 23.8. The van der Waals surface area contributed by atoms with Crippen LogP contribution in [0.2, 0.25) is 0 Å². The van der Waals surface area contributed by atoms with E-state index in [1.807, 2.05) is 158 Å². The van der Waals surface area contributed by atoms with E-state index in [4.69, 9.17) is 30.8 Å². The molecule has 7 unspecified atom stereocenters. The Morgan fingerprint density at radius 1 is 0.571 bits per heavy atom. The number of benzene rings is 4. The molecule has 70 heavy (non-hydrogen) atoms. The highest BCUT2D eigenvalue weighted by Crippen LogP contribution is 2.35. The molecule has 12 heteroatoms. The molecule has 0 bridgehead atoms.